The number of aromatic nitrogens is 2. The number of ketones is 1. The number of Topliss-reactive ketones (excluding diaryl/α,β-unsaturated/α-hetero) is 1. The Morgan fingerprint density at radius 1 is 1.71 bits per heavy atom. The maximum atomic E-state index is 11.7. The summed E-state index contributed by atoms with van der Waals surface area (Å²) in [5, 5.41) is 3.95. The molecule has 0 bridgehead atoms. The number of hydrogen-bond donors (Lipinski definition) is 1. The minimum Gasteiger partial charge on any atom is -0.327 e. The van der Waals surface area contributed by atoms with E-state index in [1.165, 1.54) is 0 Å². The van der Waals surface area contributed by atoms with Crippen LogP contribution < -0.4 is 5.73 Å². The van der Waals surface area contributed by atoms with Crippen molar-refractivity contribution < 1.29 is 4.79 Å². The quantitative estimate of drug-likeness (QED) is 0.716. The molecule has 1 atom stereocenters. The Hall–Kier alpha value is -1.16. The monoisotopic (exact) mass is 195 g/mol. The highest BCUT2D eigenvalue weighted by Crippen LogP contribution is 2.06. The summed E-state index contributed by atoms with van der Waals surface area (Å²) in [6.07, 6.45) is 3.94. The van der Waals surface area contributed by atoms with Crippen molar-refractivity contribution in [3.8, 4) is 0 Å². The maximum absolute atomic E-state index is 11.7. The number of nitrogens with two attached hydrogens (primary N) is 1. The van der Waals surface area contributed by atoms with Gasteiger partial charge in [0.2, 0.25) is 0 Å². The van der Waals surface area contributed by atoms with E-state index in [-0.39, 0.29) is 11.8 Å². The van der Waals surface area contributed by atoms with Gasteiger partial charge < -0.3 is 5.73 Å². The summed E-state index contributed by atoms with van der Waals surface area (Å²) < 4.78 is 1.58. The second kappa shape index (κ2) is 4.91. The first-order chi connectivity index (χ1) is 6.65. The molecule has 1 rings (SSSR count). The van der Waals surface area contributed by atoms with Gasteiger partial charge in [0, 0.05) is 25.7 Å². The van der Waals surface area contributed by atoms with Crippen LogP contribution in [0.5, 0.6) is 0 Å². The molecule has 1 aromatic rings. The second-order valence-corrected chi connectivity index (χ2v) is 3.52. The van der Waals surface area contributed by atoms with E-state index in [1.807, 2.05) is 0 Å². The fraction of sp³-hybridized carbons (Fsp3) is 0.600. The smallest absolute Gasteiger partial charge is 0.182 e. The Bertz CT molecular complexity index is 306. The van der Waals surface area contributed by atoms with Crippen LogP contribution in [0.25, 0.3) is 0 Å². The summed E-state index contributed by atoms with van der Waals surface area (Å²) in [7, 11) is 1.76. The van der Waals surface area contributed by atoms with Crippen molar-refractivity contribution in [2.24, 2.45) is 12.8 Å². The predicted molar refractivity (Wildman–Crippen MR) is 55.0 cm³/mol. The van der Waals surface area contributed by atoms with Crippen LogP contribution in [0.15, 0.2) is 12.3 Å². The number of carbonyl (C=O) groups excluding carboxylic acids is 1. The maximum Gasteiger partial charge on any atom is 0.182 e. The van der Waals surface area contributed by atoms with E-state index in [2.05, 4.69) is 12.0 Å². The average molecular weight is 195 g/mol. The fourth-order valence-electron chi connectivity index (χ4n) is 1.46. The molecule has 0 amide bonds. The number of aryl methyl sites for hydroxylation is 1. The number of hydrogen-bond acceptors (Lipinski definition) is 3. The molecular weight excluding hydrogens is 178 g/mol. The Labute approximate surface area is 84.1 Å². The molecule has 4 nitrogen and oxygen atoms in total. The Morgan fingerprint density at radius 2 is 2.43 bits per heavy atom. The van der Waals surface area contributed by atoms with Crippen LogP contribution >= 0.6 is 0 Å². The topological polar surface area (TPSA) is 60.9 Å². The summed E-state index contributed by atoms with van der Waals surface area (Å²) >= 11 is 0. The molecule has 0 saturated carbocycles. The molecule has 2 N–H and O–H groups in total. The predicted octanol–water partition coefficient (Wildman–Crippen LogP) is 1.12. The molecule has 78 valence electrons. The Kier molecular flexibility index (Phi) is 3.83. The van der Waals surface area contributed by atoms with Crippen molar-refractivity contribution in [1.29, 1.82) is 0 Å². The summed E-state index contributed by atoms with van der Waals surface area (Å²) in [4.78, 5) is 11.7. The van der Waals surface area contributed by atoms with Crippen LogP contribution in [-0.2, 0) is 7.05 Å². The summed E-state index contributed by atoms with van der Waals surface area (Å²) in [6.45, 7) is 2.06. The first-order valence-electron chi connectivity index (χ1n) is 4.92. The molecule has 1 unspecified atom stereocenters. The van der Waals surface area contributed by atoms with Crippen molar-refractivity contribution in [3.63, 3.8) is 0 Å². The first kappa shape index (κ1) is 10.9. The Morgan fingerprint density at radius 3 is 2.93 bits per heavy atom. The minimum atomic E-state index is -0.0256. The Balaban J connectivity index is 2.55. The van der Waals surface area contributed by atoms with Gasteiger partial charge in [-0.2, -0.15) is 5.10 Å². The highest BCUT2D eigenvalue weighted by Gasteiger charge is 2.13. The molecule has 0 aliphatic heterocycles. The third-order valence-electron chi connectivity index (χ3n) is 2.21. The highest BCUT2D eigenvalue weighted by atomic mass is 16.1. The van der Waals surface area contributed by atoms with Crippen molar-refractivity contribution in [1.82, 2.24) is 9.78 Å². The molecule has 1 heterocycles. The van der Waals surface area contributed by atoms with Gasteiger partial charge in [-0.25, -0.2) is 0 Å². The van der Waals surface area contributed by atoms with Gasteiger partial charge in [-0.1, -0.05) is 13.3 Å². The van der Waals surface area contributed by atoms with Gasteiger partial charge >= 0.3 is 0 Å². The lowest BCUT2D eigenvalue weighted by Crippen LogP contribution is -2.24. The SMILES string of the molecule is CCCC(N)CC(=O)c1ccnn1C. The van der Waals surface area contributed by atoms with E-state index >= 15 is 0 Å². The van der Waals surface area contributed by atoms with Crippen molar-refractivity contribution in [3.05, 3.63) is 18.0 Å². The lowest BCUT2D eigenvalue weighted by molar-refractivity contribution is 0.0964. The molecule has 0 aliphatic rings. The first-order valence-corrected chi connectivity index (χ1v) is 4.92. The lowest BCUT2D eigenvalue weighted by Gasteiger charge is -2.08. The lowest BCUT2D eigenvalue weighted by atomic mass is 10.1. The molecule has 0 radical (unpaired) electrons. The van der Waals surface area contributed by atoms with Gasteiger partial charge in [-0.05, 0) is 12.5 Å². The van der Waals surface area contributed by atoms with Crippen molar-refractivity contribution in [2.45, 2.75) is 32.2 Å². The number of nitrogens with zero attached hydrogens (tertiary/aromatic N) is 2. The molecule has 1 aromatic heterocycles. The molecule has 14 heavy (non-hydrogen) atoms. The van der Waals surface area contributed by atoms with E-state index in [0.717, 1.165) is 12.8 Å². The van der Waals surface area contributed by atoms with Gasteiger partial charge in [-0.3, -0.25) is 9.48 Å². The van der Waals surface area contributed by atoms with Crippen LogP contribution in [-0.4, -0.2) is 21.6 Å². The summed E-state index contributed by atoms with van der Waals surface area (Å²) in [5.41, 5.74) is 6.43. The molecule has 0 aliphatic carbocycles. The fourth-order valence-corrected chi connectivity index (χ4v) is 1.46. The third kappa shape index (κ3) is 2.67. The van der Waals surface area contributed by atoms with E-state index < -0.39 is 0 Å². The number of rotatable bonds is 5. The van der Waals surface area contributed by atoms with Crippen LogP contribution in [0.2, 0.25) is 0 Å². The van der Waals surface area contributed by atoms with Gasteiger partial charge in [0.15, 0.2) is 5.78 Å². The van der Waals surface area contributed by atoms with Crippen molar-refractivity contribution in [2.75, 3.05) is 0 Å². The van der Waals surface area contributed by atoms with Gasteiger partial charge in [0.1, 0.15) is 5.69 Å². The van der Waals surface area contributed by atoms with Crippen LogP contribution in [0.1, 0.15) is 36.7 Å². The molecule has 4 heteroatoms. The van der Waals surface area contributed by atoms with Gasteiger partial charge in [-0.15, -0.1) is 0 Å². The molecule has 0 spiro atoms. The summed E-state index contributed by atoms with van der Waals surface area (Å²) in [6, 6.07) is 1.70. The van der Waals surface area contributed by atoms with Gasteiger partial charge in [0.25, 0.3) is 0 Å². The zero-order valence-corrected chi connectivity index (χ0v) is 8.73. The minimum absolute atomic E-state index is 0.0256. The zero-order valence-electron chi connectivity index (χ0n) is 8.73. The normalized spacial score (nSPS) is 12.8. The zero-order chi connectivity index (χ0) is 10.6. The standard InChI is InChI=1S/C10H17N3O/c1-3-4-8(11)7-10(14)9-5-6-12-13(9)2/h5-6,8H,3-4,7,11H2,1-2H3. The average Bonchev–Trinajstić information content (AvgIpc) is 2.51. The van der Waals surface area contributed by atoms with Crippen molar-refractivity contribution >= 4 is 5.78 Å². The van der Waals surface area contributed by atoms with Crippen LogP contribution in [0, 0.1) is 0 Å². The molecule has 0 fully saturated rings. The molecule has 0 saturated heterocycles. The summed E-state index contributed by atoms with van der Waals surface area (Å²) in [5.74, 6) is 0.0750. The largest absolute Gasteiger partial charge is 0.327 e. The van der Waals surface area contributed by atoms with Gasteiger partial charge in [0.05, 0.1) is 0 Å². The van der Waals surface area contributed by atoms with E-state index in [0.29, 0.717) is 12.1 Å². The second-order valence-electron chi connectivity index (χ2n) is 3.52. The number of carbonyl (C=O) groups is 1. The molecule has 0 aromatic carbocycles. The van der Waals surface area contributed by atoms with E-state index in [1.54, 1.807) is 24.0 Å². The van der Waals surface area contributed by atoms with Crippen LogP contribution in [0.4, 0.5) is 0 Å². The van der Waals surface area contributed by atoms with Crippen LogP contribution in [0.3, 0.4) is 0 Å². The third-order valence-corrected chi connectivity index (χ3v) is 2.21. The molecular formula is C10H17N3O. The highest BCUT2D eigenvalue weighted by molar-refractivity contribution is 5.94. The van der Waals surface area contributed by atoms with E-state index in [4.69, 9.17) is 5.73 Å². The van der Waals surface area contributed by atoms with E-state index in [9.17, 15) is 4.79 Å².